The van der Waals surface area contributed by atoms with Gasteiger partial charge < -0.3 is 19.2 Å². The Morgan fingerprint density at radius 1 is 0.978 bits per heavy atom. The van der Waals surface area contributed by atoms with Crippen LogP contribution in [0.25, 0.3) is 5.69 Å². The number of furan rings is 1. The first-order valence-corrected chi connectivity index (χ1v) is 15.6. The Bertz CT molecular complexity index is 1860. The summed E-state index contributed by atoms with van der Waals surface area (Å²) in [5.41, 5.74) is 3.32. The summed E-state index contributed by atoms with van der Waals surface area (Å²) in [6, 6.07) is 25.3. The van der Waals surface area contributed by atoms with E-state index in [0.29, 0.717) is 28.1 Å². The zero-order valence-corrected chi connectivity index (χ0v) is 26.5. The number of hydrogen-bond acceptors (Lipinski definition) is 9. The van der Waals surface area contributed by atoms with Crippen molar-refractivity contribution in [1.82, 2.24) is 25.1 Å². The van der Waals surface area contributed by atoms with Crippen LogP contribution in [0, 0.1) is 0 Å². The molecular weight excluding hydrogens is 628 g/mol. The Morgan fingerprint density at radius 3 is 2.39 bits per heavy atom. The lowest BCUT2D eigenvalue weighted by atomic mass is 9.98. The van der Waals surface area contributed by atoms with E-state index in [1.54, 1.807) is 48.1 Å². The molecule has 3 aromatic carbocycles. The molecule has 3 heterocycles. The number of carbonyl (C=O) groups is 2. The van der Waals surface area contributed by atoms with Crippen molar-refractivity contribution in [3.8, 4) is 17.2 Å². The van der Waals surface area contributed by atoms with Crippen LogP contribution in [0.1, 0.15) is 40.0 Å². The highest BCUT2D eigenvalue weighted by atomic mass is 35.5. The molecule has 0 saturated heterocycles. The maximum atomic E-state index is 13.9. The van der Waals surface area contributed by atoms with Gasteiger partial charge in [0.2, 0.25) is 0 Å². The topological polar surface area (TPSA) is 124 Å². The van der Waals surface area contributed by atoms with Crippen LogP contribution in [-0.2, 0) is 11.3 Å². The van der Waals surface area contributed by atoms with Crippen molar-refractivity contribution in [3.63, 3.8) is 0 Å². The van der Waals surface area contributed by atoms with Crippen LogP contribution in [-0.4, -0.2) is 57.3 Å². The Kier molecular flexibility index (Phi) is 9.36. The smallest absolute Gasteiger partial charge is 0.287 e. The van der Waals surface area contributed by atoms with Crippen molar-refractivity contribution < 1.29 is 23.5 Å². The molecule has 2 aromatic heterocycles. The summed E-state index contributed by atoms with van der Waals surface area (Å²) < 4.78 is 17.6. The monoisotopic (exact) mass is 656 g/mol. The molecule has 11 nitrogen and oxygen atoms in total. The molecule has 13 heteroatoms. The number of halogens is 1. The first kappa shape index (κ1) is 30.9. The van der Waals surface area contributed by atoms with Crippen LogP contribution in [0.15, 0.2) is 106 Å². The fourth-order valence-corrected chi connectivity index (χ4v) is 6.02. The van der Waals surface area contributed by atoms with E-state index in [4.69, 9.17) is 30.6 Å². The third kappa shape index (κ3) is 6.77. The van der Waals surface area contributed by atoms with Crippen molar-refractivity contribution in [2.45, 2.75) is 24.2 Å². The van der Waals surface area contributed by atoms with Gasteiger partial charge in [-0.3, -0.25) is 14.2 Å². The zero-order chi connectivity index (χ0) is 32.0. The lowest BCUT2D eigenvalue weighted by Gasteiger charge is -2.22. The normalized spacial score (nSPS) is 14.2. The van der Waals surface area contributed by atoms with Crippen LogP contribution in [0.3, 0.4) is 0 Å². The third-order valence-corrected chi connectivity index (χ3v) is 8.48. The van der Waals surface area contributed by atoms with Crippen molar-refractivity contribution in [1.29, 1.82) is 0 Å². The molecule has 1 N–H and O–H groups in total. The van der Waals surface area contributed by atoms with E-state index < -0.39 is 0 Å². The molecular formula is C33H29ClN6O5S. The second-order valence-corrected chi connectivity index (χ2v) is 11.5. The Hall–Kier alpha value is -5.07. The van der Waals surface area contributed by atoms with Crippen molar-refractivity contribution in [3.05, 3.63) is 119 Å². The molecule has 5 aromatic rings. The fraction of sp³-hybridized carbons (Fsp3) is 0.182. The fourth-order valence-electron chi connectivity index (χ4n) is 5.01. The van der Waals surface area contributed by atoms with Crippen LogP contribution >= 0.6 is 23.4 Å². The summed E-state index contributed by atoms with van der Waals surface area (Å²) >= 11 is 7.53. The van der Waals surface area contributed by atoms with Gasteiger partial charge >= 0.3 is 0 Å². The minimum Gasteiger partial charge on any atom is -0.497 e. The molecule has 234 valence electrons. The lowest BCUT2D eigenvalue weighted by Crippen LogP contribution is -2.28. The second-order valence-electron chi connectivity index (χ2n) is 10.2. The third-order valence-electron chi connectivity index (χ3n) is 7.33. The summed E-state index contributed by atoms with van der Waals surface area (Å²) in [7, 11) is 3.23. The predicted octanol–water partition coefficient (Wildman–Crippen LogP) is 5.93. The first-order chi connectivity index (χ1) is 22.4. The summed E-state index contributed by atoms with van der Waals surface area (Å²) in [6.45, 7) is 0.0642. The molecule has 0 bridgehead atoms. The molecule has 46 heavy (non-hydrogen) atoms. The number of nitrogens with zero attached hydrogens (tertiary/aromatic N) is 5. The van der Waals surface area contributed by atoms with E-state index >= 15 is 0 Å². The standard InChI is InChI=1S/C33H29ClN6O5S/c1-43-25-12-8-21(9-13-25)27-18-28(22-10-14-26(44-2)15-11-22)40(38-27)31(41)20-46-33-37-36-30(19-35-32(42)29-7-4-16-45-29)39(33)24-6-3-5-23(34)17-24/h3-17,28H,18-20H2,1-2H3,(H,35,42)/t28-/m1/s1. The summed E-state index contributed by atoms with van der Waals surface area (Å²) in [6.07, 6.45) is 1.96. The highest BCUT2D eigenvalue weighted by Gasteiger charge is 2.33. The number of thioether (sulfide) groups is 1. The molecule has 1 atom stereocenters. The first-order valence-electron chi connectivity index (χ1n) is 14.3. The van der Waals surface area contributed by atoms with Crippen LogP contribution in [0.4, 0.5) is 0 Å². The van der Waals surface area contributed by atoms with Gasteiger partial charge in [-0.25, -0.2) is 5.01 Å². The van der Waals surface area contributed by atoms with Gasteiger partial charge in [0, 0.05) is 11.4 Å². The van der Waals surface area contributed by atoms with Crippen molar-refractivity contribution >= 4 is 40.9 Å². The number of nitrogens with one attached hydrogen (secondary N) is 1. The van der Waals surface area contributed by atoms with Crippen LogP contribution in [0.5, 0.6) is 11.5 Å². The Labute approximate surface area is 274 Å². The lowest BCUT2D eigenvalue weighted by molar-refractivity contribution is -0.130. The molecule has 2 amide bonds. The highest BCUT2D eigenvalue weighted by molar-refractivity contribution is 7.99. The van der Waals surface area contributed by atoms with Crippen molar-refractivity contribution in [2.75, 3.05) is 20.0 Å². The number of hydrazone groups is 1. The SMILES string of the molecule is COc1ccc(C2=NN(C(=O)CSc3nnc(CNC(=O)c4ccco4)n3-c3cccc(Cl)c3)[C@@H](c3ccc(OC)cc3)C2)cc1. The average molecular weight is 657 g/mol. The van der Waals surface area contributed by atoms with E-state index in [2.05, 4.69) is 15.5 Å². The number of amides is 2. The number of hydrogen-bond donors (Lipinski definition) is 1. The van der Waals surface area contributed by atoms with Gasteiger partial charge in [-0.1, -0.05) is 41.6 Å². The van der Waals surface area contributed by atoms with Gasteiger partial charge in [0.15, 0.2) is 16.7 Å². The van der Waals surface area contributed by atoms with Gasteiger partial charge in [-0.2, -0.15) is 5.10 Å². The number of carbonyl (C=O) groups excluding carboxylic acids is 2. The van der Waals surface area contributed by atoms with Gasteiger partial charge in [0.05, 0.1) is 50.2 Å². The maximum absolute atomic E-state index is 13.9. The van der Waals surface area contributed by atoms with E-state index in [0.717, 1.165) is 28.3 Å². The van der Waals surface area contributed by atoms with E-state index in [-0.39, 0.29) is 35.9 Å². The highest BCUT2D eigenvalue weighted by Crippen LogP contribution is 2.35. The van der Waals surface area contributed by atoms with Gasteiger partial charge in [-0.05, 0) is 77.9 Å². The Morgan fingerprint density at radius 2 is 1.72 bits per heavy atom. The molecule has 0 spiro atoms. The number of ether oxygens (including phenoxy) is 2. The second kappa shape index (κ2) is 13.9. The Balaban J connectivity index is 1.25. The van der Waals surface area contributed by atoms with E-state index in [9.17, 15) is 9.59 Å². The zero-order valence-electron chi connectivity index (χ0n) is 24.9. The van der Waals surface area contributed by atoms with Crippen molar-refractivity contribution in [2.24, 2.45) is 5.10 Å². The van der Waals surface area contributed by atoms with Crippen LogP contribution < -0.4 is 14.8 Å². The number of rotatable bonds is 11. The number of methoxy groups -OCH3 is 2. The number of aromatic nitrogens is 3. The molecule has 0 radical (unpaired) electrons. The van der Waals surface area contributed by atoms with E-state index in [1.807, 2.05) is 60.7 Å². The molecule has 0 aliphatic carbocycles. The summed E-state index contributed by atoms with van der Waals surface area (Å²) in [4.78, 5) is 26.4. The largest absolute Gasteiger partial charge is 0.497 e. The number of benzene rings is 3. The molecule has 1 aliphatic rings. The van der Waals surface area contributed by atoms with Gasteiger partial charge in [0.25, 0.3) is 11.8 Å². The quantitative estimate of drug-likeness (QED) is 0.174. The summed E-state index contributed by atoms with van der Waals surface area (Å²) in [5, 5.41) is 18.8. The molecule has 0 fully saturated rings. The molecule has 6 rings (SSSR count). The van der Waals surface area contributed by atoms with Gasteiger partial charge in [-0.15, -0.1) is 10.2 Å². The maximum Gasteiger partial charge on any atom is 0.287 e. The van der Waals surface area contributed by atoms with Gasteiger partial charge in [0.1, 0.15) is 11.5 Å². The molecule has 1 aliphatic heterocycles. The van der Waals surface area contributed by atoms with E-state index in [1.165, 1.54) is 18.0 Å². The molecule has 0 saturated carbocycles. The molecule has 0 unspecified atom stereocenters. The summed E-state index contributed by atoms with van der Waals surface area (Å²) in [5.74, 6) is 1.53. The predicted molar refractivity (Wildman–Crippen MR) is 174 cm³/mol. The van der Waals surface area contributed by atoms with Crippen LogP contribution in [0.2, 0.25) is 5.02 Å². The minimum atomic E-state index is -0.390. The average Bonchev–Trinajstić information content (AvgIpc) is 3.87. The minimum absolute atomic E-state index is 0.0313.